The van der Waals surface area contributed by atoms with Gasteiger partial charge in [0, 0.05) is 19.1 Å². The number of hydrogen-bond acceptors (Lipinski definition) is 11. The number of imide groups is 1. The van der Waals surface area contributed by atoms with Crippen molar-refractivity contribution >= 4 is 65.6 Å². The third-order valence-electron chi connectivity index (χ3n) is 5.02. The summed E-state index contributed by atoms with van der Waals surface area (Å²) in [7, 11) is 0. The van der Waals surface area contributed by atoms with Crippen molar-refractivity contribution in [1.82, 2.24) is 15.5 Å². The molecular formula is C23H36N4O13S. The summed E-state index contributed by atoms with van der Waals surface area (Å²) in [4.78, 5) is 104. The highest BCUT2D eigenvalue weighted by atomic mass is 32.2. The maximum Gasteiger partial charge on any atom is 0.327 e. The first kappa shape index (κ1) is 39.1. The van der Waals surface area contributed by atoms with Gasteiger partial charge in [-0.15, -0.1) is 0 Å². The number of carboxylic acid groups (broad SMARTS) is 4. The molecule has 0 aromatic heterocycles. The van der Waals surface area contributed by atoms with Crippen LogP contribution >= 0.6 is 11.8 Å². The molecule has 0 aliphatic rings. The van der Waals surface area contributed by atoms with Crippen LogP contribution in [0.3, 0.4) is 0 Å². The average Bonchev–Trinajstić information content (AvgIpc) is 2.83. The summed E-state index contributed by atoms with van der Waals surface area (Å²) >= 11 is 1.53. The normalized spacial score (nSPS) is 13.2. The lowest BCUT2D eigenvalue weighted by atomic mass is 9.99. The Labute approximate surface area is 239 Å². The molecule has 0 rings (SSSR count). The van der Waals surface area contributed by atoms with E-state index in [1.165, 1.54) is 25.6 Å². The molecule has 232 valence electrons. The molecule has 0 heterocycles. The van der Waals surface area contributed by atoms with Crippen LogP contribution in [0.25, 0.3) is 0 Å². The number of nitrogens with one attached hydrogen (secondary N) is 2. The maximum atomic E-state index is 13.1. The number of carboxylic acids is 4. The van der Waals surface area contributed by atoms with Crippen molar-refractivity contribution in [3.63, 3.8) is 0 Å². The van der Waals surface area contributed by atoms with Gasteiger partial charge in [0.2, 0.25) is 17.7 Å². The zero-order valence-electron chi connectivity index (χ0n) is 22.9. The monoisotopic (exact) mass is 608 g/mol. The van der Waals surface area contributed by atoms with Gasteiger partial charge in [-0.2, -0.15) is 11.8 Å². The number of aliphatic carboxylic acids is 4. The van der Waals surface area contributed by atoms with E-state index >= 15 is 0 Å². The van der Waals surface area contributed by atoms with Crippen molar-refractivity contribution in [3.05, 3.63) is 0 Å². The van der Waals surface area contributed by atoms with Gasteiger partial charge in [-0.3, -0.25) is 38.5 Å². The standard InChI is InChI=1S/C20H30N4O12.C3H6OS/c1-8(2)16(19(34)24(9(3)25)12(20(35)36)7-15(30)31)23-18(33)11(4-5-13(26)27)22-17(32)10(21)6-14(28)29;1-5-3-2-4/h8,10-12,16H,4-7,21H2,1-3H3,(H,22,32)(H,23,33)(H,26,27)(H,28,29)(H,30,31)(H,35,36);2H,3H2,1H3. The van der Waals surface area contributed by atoms with Crippen LogP contribution in [0.4, 0.5) is 0 Å². The number of carbonyl (C=O) groups excluding carboxylic acids is 5. The van der Waals surface area contributed by atoms with Crippen LogP contribution in [0.2, 0.25) is 0 Å². The number of rotatable bonds is 17. The summed E-state index contributed by atoms with van der Waals surface area (Å²) in [5, 5.41) is 40.4. The molecule has 0 aromatic rings. The van der Waals surface area contributed by atoms with Crippen molar-refractivity contribution in [2.24, 2.45) is 11.7 Å². The molecule has 0 saturated carbocycles. The van der Waals surface area contributed by atoms with E-state index in [-0.39, 0.29) is 4.90 Å². The van der Waals surface area contributed by atoms with Crippen molar-refractivity contribution in [1.29, 1.82) is 0 Å². The smallest absolute Gasteiger partial charge is 0.327 e. The quantitative estimate of drug-likeness (QED) is 0.0890. The Balaban J connectivity index is 0. The predicted molar refractivity (Wildman–Crippen MR) is 141 cm³/mol. The lowest BCUT2D eigenvalue weighted by molar-refractivity contribution is -0.161. The van der Waals surface area contributed by atoms with Crippen LogP contribution in [0.15, 0.2) is 0 Å². The second-order valence-corrected chi connectivity index (χ2v) is 9.64. The third kappa shape index (κ3) is 16.0. The van der Waals surface area contributed by atoms with E-state index in [1.54, 1.807) is 0 Å². The van der Waals surface area contributed by atoms with Crippen molar-refractivity contribution in [3.8, 4) is 0 Å². The van der Waals surface area contributed by atoms with Crippen molar-refractivity contribution in [2.45, 2.75) is 70.6 Å². The van der Waals surface area contributed by atoms with Gasteiger partial charge in [0.1, 0.15) is 24.4 Å². The van der Waals surface area contributed by atoms with Crippen LogP contribution in [0.1, 0.15) is 46.5 Å². The summed E-state index contributed by atoms with van der Waals surface area (Å²) in [6.07, 6.45) is -0.220. The molecule has 0 spiro atoms. The average molecular weight is 609 g/mol. The number of nitrogens with zero attached hydrogens (tertiary/aromatic N) is 1. The summed E-state index contributed by atoms with van der Waals surface area (Å²) in [5.74, 6) is -10.8. The summed E-state index contributed by atoms with van der Waals surface area (Å²) < 4.78 is 0. The van der Waals surface area contributed by atoms with Gasteiger partial charge < -0.3 is 41.6 Å². The second kappa shape index (κ2) is 19.9. The molecule has 4 amide bonds. The minimum Gasteiger partial charge on any atom is -0.481 e. The Hall–Kier alpha value is -4.06. The predicted octanol–water partition coefficient (Wildman–Crippen LogP) is -1.87. The number of nitrogens with two attached hydrogens (primary N) is 1. The zero-order valence-corrected chi connectivity index (χ0v) is 23.7. The molecule has 41 heavy (non-hydrogen) atoms. The molecule has 18 heteroatoms. The first-order valence-electron chi connectivity index (χ1n) is 11.9. The topological polar surface area (TPSA) is 288 Å². The fourth-order valence-corrected chi connectivity index (χ4v) is 3.20. The van der Waals surface area contributed by atoms with E-state index in [0.717, 1.165) is 13.2 Å². The minimum absolute atomic E-state index is 0.189. The molecule has 4 atom stereocenters. The van der Waals surface area contributed by atoms with Gasteiger partial charge in [-0.05, 0) is 18.6 Å². The molecule has 0 saturated heterocycles. The molecule has 0 aliphatic carbocycles. The number of hydrogen-bond donors (Lipinski definition) is 7. The van der Waals surface area contributed by atoms with Crippen LogP contribution in [-0.2, 0) is 43.2 Å². The molecule has 4 unspecified atom stereocenters. The van der Waals surface area contributed by atoms with Gasteiger partial charge >= 0.3 is 23.9 Å². The summed E-state index contributed by atoms with van der Waals surface area (Å²) in [5.41, 5.74) is 5.45. The second-order valence-electron chi connectivity index (χ2n) is 8.73. The first-order chi connectivity index (χ1) is 18.9. The van der Waals surface area contributed by atoms with Gasteiger partial charge in [0.05, 0.1) is 18.9 Å². The first-order valence-corrected chi connectivity index (χ1v) is 13.3. The third-order valence-corrected chi connectivity index (χ3v) is 5.49. The lowest BCUT2D eigenvalue weighted by Gasteiger charge is -2.32. The van der Waals surface area contributed by atoms with E-state index in [9.17, 15) is 48.3 Å². The van der Waals surface area contributed by atoms with Gasteiger partial charge in [-0.25, -0.2) is 4.79 Å². The van der Waals surface area contributed by atoms with Crippen LogP contribution < -0.4 is 16.4 Å². The van der Waals surface area contributed by atoms with Gasteiger partial charge in [0.25, 0.3) is 5.91 Å². The van der Waals surface area contributed by atoms with Crippen molar-refractivity contribution < 1.29 is 63.6 Å². The fourth-order valence-electron chi connectivity index (χ4n) is 3.06. The van der Waals surface area contributed by atoms with E-state index in [2.05, 4.69) is 10.6 Å². The molecule has 0 aromatic carbocycles. The molecule has 8 N–H and O–H groups in total. The molecule has 0 aliphatic heterocycles. The van der Waals surface area contributed by atoms with Crippen LogP contribution in [-0.4, -0.2) is 115 Å². The summed E-state index contributed by atoms with van der Waals surface area (Å²) in [6, 6.07) is -6.84. The zero-order chi connectivity index (χ0) is 32.4. The van der Waals surface area contributed by atoms with Gasteiger partial charge in [-0.1, -0.05) is 13.8 Å². The number of carbonyl (C=O) groups is 9. The Morgan fingerprint density at radius 1 is 0.878 bits per heavy atom. The van der Waals surface area contributed by atoms with Crippen LogP contribution in [0, 0.1) is 5.92 Å². The SMILES string of the molecule is CC(=O)N(C(=O)C(NC(=O)C(CCC(=O)O)NC(=O)C(N)CC(=O)O)C(C)C)C(CC(=O)O)C(=O)O.CSCC=O. The molecule has 17 nitrogen and oxygen atoms in total. The van der Waals surface area contributed by atoms with Crippen molar-refractivity contribution in [2.75, 3.05) is 12.0 Å². The van der Waals surface area contributed by atoms with E-state index in [0.29, 0.717) is 5.75 Å². The highest BCUT2D eigenvalue weighted by Gasteiger charge is 2.40. The summed E-state index contributed by atoms with van der Waals surface area (Å²) in [6.45, 7) is 3.66. The molecule has 0 fully saturated rings. The largest absolute Gasteiger partial charge is 0.481 e. The highest BCUT2D eigenvalue weighted by Crippen LogP contribution is 2.14. The molecule has 0 bridgehead atoms. The minimum atomic E-state index is -2.08. The fraction of sp³-hybridized carbons (Fsp3) is 0.609. The Bertz CT molecular complexity index is 989. The van der Waals surface area contributed by atoms with E-state index in [1.807, 2.05) is 6.26 Å². The number of amides is 4. The maximum absolute atomic E-state index is 13.1. The van der Waals surface area contributed by atoms with Crippen LogP contribution in [0.5, 0.6) is 0 Å². The van der Waals surface area contributed by atoms with E-state index in [4.69, 9.17) is 21.1 Å². The number of thioether (sulfide) groups is 1. The van der Waals surface area contributed by atoms with Gasteiger partial charge in [0.15, 0.2) is 0 Å². The molecule has 0 radical (unpaired) electrons. The Kier molecular flexibility index (Phi) is 19.0. The number of aldehydes is 1. The Morgan fingerprint density at radius 3 is 1.76 bits per heavy atom. The molecular weight excluding hydrogens is 572 g/mol. The Morgan fingerprint density at radius 2 is 1.41 bits per heavy atom. The lowest BCUT2D eigenvalue weighted by Crippen LogP contribution is -2.60. The highest BCUT2D eigenvalue weighted by molar-refractivity contribution is 7.99. The van der Waals surface area contributed by atoms with E-state index < -0.39 is 103 Å².